The zero-order chi connectivity index (χ0) is 37.7. The first-order valence-corrected chi connectivity index (χ1v) is 21.1. The summed E-state index contributed by atoms with van der Waals surface area (Å²) >= 11 is 0. The minimum Gasteiger partial charge on any atom is -0.465 e. The number of amides is 1. The lowest BCUT2D eigenvalue weighted by Crippen LogP contribution is -2.39. The van der Waals surface area contributed by atoms with Crippen molar-refractivity contribution in [3.63, 3.8) is 0 Å². The molecule has 1 amide bonds. The van der Waals surface area contributed by atoms with Crippen molar-refractivity contribution in [1.82, 2.24) is 35.5 Å². The minimum absolute atomic E-state index is 0.0356. The topological polar surface area (TPSA) is 125 Å². The van der Waals surface area contributed by atoms with E-state index in [4.69, 9.17) is 9.97 Å². The summed E-state index contributed by atoms with van der Waals surface area (Å²) in [5.74, 6) is 1.68. The summed E-state index contributed by atoms with van der Waals surface area (Å²) < 4.78 is 32.5. The maximum absolute atomic E-state index is 16.3. The number of nitrogens with zero attached hydrogens (tertiary/aromatic N) is 4. The fourth-order valence-electron chi connectivity index (χ4n) is 12.0. The second kappa shape index (κ2) is 13.3. The van der Waals surface area contributed by atoms with Crippen molar-refractivity contribution < 1.29 is 18.7 Å². The molecular formula is C44H50F2N8O2. The molecule has 12 heteroatoms. The molecule has 8 atom stereocenters. The van der Waals surface area contributed by atoms with Gasteiger partial charge in [-0.15, -0.1) is 0 Å². The predicted molar refractivity (Wildman–Crippen MR) is 210 cm³/mol. The number of halogens is 2. The third-order valence-electron chi connectivity index (χ3n) is 14.6. The summed E-state index contributed by atoms with van der Waals surface area (Å²) in [5, 5.41) is 18.0. The number of fused-ring (bicyclic) bond motifs is 4. The third-order valence-corrected chi connectivity index (χ3v) is 14.6. The smallest absolute Gasteiger partial charge is 0.408 e. The maximum Gasteiger partial charge on any atom is 0.408 e. The molecule has 6 heterocycles. The molecule has 6 fully saturated rings. The maximum atomic E-state index is 16.3. The quantitative estimate of drug-likeness (QED) is 0.117. The lowest BCUT2D eigenvalue weighted by atomic mass is 9.81. The number of aromatic amines is 2. The number of anilines is 1. The molecule has 56 heavy (non-hydrogen) atoms. The average molecular weight is 761 g/mol. The highest BCUT2D eigenvalue weighted by Gasteiger charge is 2.48. The Morgan fingerprint density at radius 2 is 1.48 bits per heavy atom. The van der Waals surface area contributed by atoms with Crippen LogP contribution in [0.3, 0.4) is 0 Å². The molecule has 3 unspecified atom stereocenters. The van der Waals surface area contributed by atoms with E-state index in [2.05, 4.69) is 38.8 Å². The van der Waals surface area contributed by atoms with Crippen molar-refractivity contribution in [1.29, 1.82) is 0 Å². The number of likely N-dealkylation sites (tertiary alicyclic amines) is 1. The zero-order valence-corrected chi connectivity index (χ0v) is 31.7. The van der Waals surface area contributed by atoms with Crippen LogP contribution in [0.4, 0.5) is 19.3 Å². The van der Waals surface area contributed by atoms with E-state index in [1.54, 1.807) is 17.0 Å². The highest BCUT2D eigenvalue weighted by molar-refractivity contribution is 5.78. The van der Waals surface area contributed by atoms with Crippen LogP contribution in [0.15, 0.2) is 48.5 Å². The van der Waals surface area contributed by atoms with E-state index in [1.807, 2.05) is 23.1 Å². The van der Waals surface area contributed by atoms with Gasteiger partial charge >= 0.3 is 6.09 Å². The Morgan fingerprint density at radius 3 is 2.29 bits per heavy atom. The summed E-state index contributed by atoms with van der Waals surface area (Å²) in [7, 11) is 0. The lowest BCUT2D eigenvalue weighted by molar-refractivity contribution is 0.118. The largest absolute Gasteiger partial charge is 0.465 e. The van der Waals surface area contributed by atoms with E-state index in [9.17, 15) is 9.90 Å². The molecular weight excluding hydrogens is 711 g/mol. The normalized spacial score (nSPS) is 31.6. The van der Waals surface area contributed by atoms with Crippen LogP contribution in [0.25, 0.3) is 22.1 Å². The number of imidazole rings is 2. The van der Waals surface area contributed by atoms with Crippen molar-refractivity contribution in [3.8, 4) is 0 Å². The Labute approximate surface area is 324 Å². The molecule has 0 spiro atoms. The number of H-pyrrole nitrogens is 2. The summed E-state index contributed by atoms with van der Waals surface area (Å²) in [5.41, 5.74) is 5.17. The van der Waals surface area contributed by atoms with Crippen LogP contribution >= 0.6 is 0 Å². The zero-order valence-electron chi connectivity index (χ0n) is 31.7. The Kier molecular flexibility index (Phi) is 8.21. The first-order valence-electron chi connectivity index (χ1n) is 21.1. The van der Waals surface area contributed by atoms with Gasteiger partial charge in [-0.1, -0.05) is 25.0 Å². The third kappa shape index (κ3) is 5.56. The first kappa shape index (κ1) is 34.7. The summed E-state index contributed by atoms with van der Waals surface area (Å²) in [6, 6.07) is 16.0. The van der Waals surface area contributed by atoms with E-state index < -0.39 is 23.3 Å². The Morgan fingerprint density at radius 1 is 0.750 bits per heavy atom. The lowest BCUT2D eigenvalue weighted by Gasteiger charge is -2.34. The van der Waals surface area contributed by atoms with Crippen LogP contribution in [0.1, 0.15) is 130 Å². The summed E-state index contributed by atoms with van der Waals surface area (Å²) in [6.45, 7) is 1.30. The van der Waals surface area contributed by atoms with Crippen molar-refractivity contribution in [2.45, 2.75) is 119 Å². The van der Waals surface area contributed by atoms with Gasteiger partial charge in [-0.25, -0.2) is 23.5 Å². The molecule has 4 saturated heterocycles. The van der Waals surface area contributed by atoms with Crippen molar-refractivity contribution in [2.75, 3.05) is 18.0 Å². The Bertz CT molecular complexity index is 2300. The van der Waals surface area contributed by atoms with Gasteiger partial charge in [0, 0.05) is 31.2 Å². The predicted octanol–water partition coefficient (Wildman–Crippen LogP) is 8.87. The Balaban J connectivity index is 0.953. The second-order valence-electron chi connectivity index (χ2n) is 17.7. The van der Waals surface area contributed by atoms with E-state index in [0.717, 1.165) is 103 Å². The standard InChI is InChI=1S/C44H50F2N8O2/c45-29-21-28(22-30(46)40(29)53-16-2-1-3-17-53)44(27-11-13-34-36(23-27)51-42(49-34)39-20-26-7-5-9-38(26)54(39)43(55)56)15-14-32(52-44)25-10-12-33-35(18-25)50-41(48-33)37-19-24-6-4-8-31(24)47-37/h10-13,18,21-24,26,31-32,37-39,47,52H,1-9,14-17,19-20H2,(H,48,50)(H,49,51)(H,55,56)/t24-,26?,31-,32+,37-,38?,39?,44+/m0/s1. The number of piperidine rings is 1. The van der Waals surface area contributed by atoms with Gasteiger partial charge in [0.1, 0.15) is 29.0 Å². The van der Waals surface area contributed by atoms with Crippen LogP contribution in [-0.2, 0) is 5.54 Å². The second-order valence-corrected chi connectivity index (χ2v) is 17.7. The fraction of sp³-hybridized carbons (Fsp3) is 0.523. The number of hydrogen-bond donors (Lipinski definition) is 5. The molecule has 3 aromatic carbocycles. The molecule has 5 N–H and O–H groups in total. The van der Waals surface area contributed by atoms with Gasteiger partial charge < -0.3 is 25.3 Å². The molecule has 0 bridgehead atoms. The van der Waals surface area contributed by atoms with Gasteiger partial charge in [0.15, 0.2) is 0 Å². The number of rotatable bonds is 6. The molecule has 2 saturated carbocycles. The molecule has 292 valence electrons. The average Bonchev–Trinajstić information content (AvgIpc) is 4.03. The van der Waals surface area contributed by atoms with Gasteiger partial charge in [-0.3, -0.25) is 10.2 Å². The molecule has 2 aromatic heterocycles. The number of nitrogens with one attached hydrogen (secondary N) is 4. The molecule has 4 aliphatic heterocycles. The van der Waals surface area contributed by atoms with Gasteiger partial charge in [0.2, 0.25) is 0 Å². The van der Waals surface area contributed by atoms with Gasteiger partial charge in [0.05, 0.1) is 39.7 Å². The fourth-order valence-corrected chi connectivity index (χ4v) is 12.0. The number of aromatic nitrogens is 4. The van der Waals surface area contributed by atoms with E-state index in [-0.39, 0.29) is 29.9 Å². The van der Waals surface area contributed by atoms with E-state index >= 15 is 8.78 Å². The molecule has 10 nitrogen and oxygen atoms in total. The molecule has 2 aliphatic carbocycles. The summed E-state index contributed by atoms with van der Waals surface area (Å²) in [4.78, 5) is 33.0. The Hall–Kier alpha value is -4.55. The highest BCUT2D eigenvalue weighted by atomic mass is 19.1. The van der Waals surface area contributed by atoms with Gasteiger partial charge in [-0.05, 0) is 136 Å². The van der Waals surface area contributed by atoms with Crippen LogP contribution in [0.5, 0.6) is 0 Å². The number of hydrogen-bond acceptors (Lipinski definition) is 6. The highest BCUT2D eigenvalue weighted by Crippen LogP contribution is 2.49. The minimum atomic E-state index is -0.899. The number of benzene rings is 3. The molecule has 5 aromatic rings. The van der Waals surface area contributed by atoms with Crippen LogP contribution in [0.2, 0.25) is 0 Å². The van der Waals surface area contributed by atoms with E-state index in [0.29, 0.717) is 42.9 Å². The van der Waals surface area contributed by atoms with Crippen molar-refractivity contribution in [3.05, 3.63) is 88.5 Å². The molecule has 11 rings (SSSR count). The van der Waals surface area contributed by atoms with Gasteiger partial charge in [0.25, 0.3) is 0 Å². The monoisotopic (exact) mass is 760 g/mol. The molecule has 0 radical (unpaired) electrons. The SMILES string of the molecule is O=C(O)N1C(c2nc3ccc([C@@]4(c5cc(F)c(N6CCCCC6)c(F)c5)CC[C@H](c5ccc6nc([C@@H]7C[C@@H]8CCC[C@@H]8N7)[nH]c6c5)N4)cc3[nH]2)CC2CCCC21. The van der Waals surface area contributed by atoms with Crippen molar-refractivity contribution >= 4 is 33.8 Å². The first-order chi connectivity index (χ1) is 27.3. The van der Waals surface area contributed by atoms with Gasteiger partial charge in [-0.2, -0.15) is 0 Å². The van der Waals surface area contributed by atoms with E-state index in [1.165, 1.54) is 19.3 Å². The van der Waals surface area contributed by atoms with Crippen LogP contribution < -0.4 is 15.5 Å². The van der Waals surface area contributed by atoms with Crippen LogP contribution in [0, 0.1) is 23.5 Å². The number of carboxylic acid groups (broad SMARTS) is 1. The molecule has 6 aliphatic rings. The van der Waals surface area contributed by atoms with Crippen molar-refractivity contribution in [2.24, 2.45) is 11.8 Å². The number of carbonyl (C=O) groups is 1. The summed E-state index contributed by atoms with van der Waals surface area (Å²) in [6.07, 6.45) is 12.1. The van der Waals surface area contributed by atoms with Crippen LogP contribution in [-0.4, -0.2) is 61.2 Å².